The smallest absolute Gasteiger partial charge is 0.294 e. The second-order valence-corrected chi connectivity index (χ2v) is 11.3. The number of hydrogen-bond acceptors (Lipinski definition) is 5. The number of hydrogen-bond donors (Lipinski definition) is 0. The Morgan fingerprint density at radius 2 is 1.77 bits per heavy atom. The number of rotatable bonds is 6. The van der Waals surface area contributed by atoms with E-state index in [1.807, 2.05) is 0 Å². The van der Waals surface area contributed by atoms with Crippen molar-refractivity contribution in [3.63, 3.8) is 0 Å². The number of likely N-dealkylation sites (tertiary alicyclic amines) is 1. The van der Waals surface area contributed by atoms with Crippen LogP contribution in [0.4, 0.5) is 9.18 Å². The highest BCUT2D eigenvalue weighted by atomic mass is 79.9. The standard InChI is InChI=1S/C25H23Br2FN2O4S/c1-15-6-8-29(9-7-15)22(31)13-30-24(32)21(35-25(30)33)12-17-10-19(26)23(20(27)11-17)34-14-16-2-4-18(28)5-3-16/h2-5,10-12,15H,6-9,13-14H2,1H3/b21-12+. The predicted octanol–water partition coefficient (Wildman–Crippen LogP) is 6.22. The van der Waals surface area contributed by atoms with Crippen LogP contribution >= 0.6 is 43.6 Å². The molecule has 3 amide bonds. The van der Waals surface area contributed by atoms with Gasteiger partial charge in [0.15, 0.2) is 0 Å². The second kappa shape index (κ2) is 11.3. The number of amides is 3. The Bertz CT molecular complexity index is 1160. The van der Waals surface area contributed by atoms with E-state index in [-0.39, 0.29) is 29.8 Å². The highest BCUT2D eigenvalue weighted by Crippen LogP contribution is 2.38. The molecular formula is C25H23Br2FN2O4S. The van der Waals surface area contributed by atoms with Crippen LogP contribution in [-0.4, -0.2) is 46.5 Å². The number of piperidine rings is 1. The van der Waals surface area contributed by atoms with E-state index in [9.17, 15) is 18.8 Å². The molecule has 0 bridgehead atoms. The molecule has 4 rings (SSSR count). The fourth-order valence-corrected chi connectivity index (χ4v) is 6.11. The lowest BCUT2D eigenvalue weighted by Crippen LogP contribution is -2.45. The molecule has 0 saturated carbocycles. The van der Waals surface area contributed by atoms with Gasteiger partial charge in [0, 0.05) is 13.1 Å². The van der Waals surface area contributed by atoms with E-state index in [1.165, 1.54) is 12.1 Å². The Labute approximate surface area is 224 Å². The van der Waals surface area contributed by atoms with E-state index in [0.29, 0.717) is 39.3 Å². The Hall–Kier alpha value is -2.17. The van der Waals surface area contributed by atoms with Crippen LogP contribution in [0.15, 0.2) is 50.2 Å². The third kappa shape index (κ3) is 6.34. The minimum absolute atomic E-state index is 0.200. The molecule has 2 saturated heterocycles. The van der Waals surface area contributed by atoms with E-state index in [1.54, 1.807) is 35.2 Å². The van der Waals surface area contributed by atoms with Gasteiger partial charge >= 0.3 is 0 Å². The van der Waals surface area contributed by atoms with Crippen molar-refractivity contribution in [1.29, 1.82) is 0 Å². The summed E-state index contributed by atoms with van der Waals surface area (Å²) in [5.74, 6) is 0.158. The average Bonchev–Trinajstić information content (AvgIpc) is 3.07. The fourth-order valence-electron chi connectivity index (χ4n) is 3.82. The first-order chi connectivity index (χ1) is 16.7. The summed E-state index contributed by atoms with van der Waals surface area (Å²) >= 11 is 7.80. The topological polar surface area (TPSA) is 66.9 Å². The first-order valence-electron chi connectivity index (χ1n) is 11.1. The zero-order valence-corrected chi connectivity index (χ0v) is 22.9. The van der Waals surface area contributed by atoms with E-state index < -0.39 is 11.1 Å². The van der Waals surface area contributed by atoms with E-state index in [2.05, 4.69) is 38.8 Å². The van der Waals surface area contributed by atoms with Gasteiger partial charge in [-0.15, -0.1) is 0 Å². The SMILES string of the molecule is CC1CCN(C(=O)CN2C(=O)S/C(=C/c3cc(Br)c(OCc4ccc(F)cc4)c(Br)c3)C2=O)CC1. The van der Waals surface area contributed by atoms with Crippen molar-refractivity contribution in [1.82, 2.24) is 9.80 Å². The number of imide groups is 1. The maximum atomic E-state index is 13.1. The summed E-state index contributed by atoms with van der Waals surface area (Å²) in [5.41, 5.74) is 1.50. The van der Waals surface area contributed by atoms with Gasteiger partial charge in [0.05, 0.1) is 13.9 Å². The van der Waals surface area contributed by atoms with Gasteiger partial charge in [0.1, 0.15) is 24.7 Å². The lowest BCUT2D eigenvalue weighted by molar-refractivity contribution is -0.136. The van der Waals surface area contributed by atoms with Crippen LogP contribution in [0.1, 0.15) is 30.9 Å². The lowest BCUT2D eigenvalue weighted by Gasteiger charge is -2.31. The molecule has 0 unspecified atom stereocenters. The van der Waals surface area contributed by atoms with Gasteiger partial charge < -0.3 is 9.64 Å². The predicted molar refractivity (Wildman–Crippen MR) is 140 cm³/mol. The second-order valence-electron chi connectivity index (χ2n) is 8.56. The number of halogens is 3. The van der Waals surface area contributed by atoms with Crippen LogP contribution in [0.2, 0.25) is 0 Å². The highest BCUT2D eigenvalue weighted by Gasteiger charge is 2.37. The van der Waals surface area contributed by atoms with Crippen molar-refractivity contribution in [2.45, 2.75) is 26.4 Å². The van der Waals surface area contributed by atoms with Crippen LogP contribution in [0.3, 0.4) is 0 Å². The Kier molecular flexibility index (Phi) is 8.34. The molecule has 2 heterocycles. The van der Waals surface area contributed by atoms with Crippen molar-refractivity contribution in [3.8, 4) is 5.75 Å². The quantitative estimate of drug-likeness (QED) is 0.356. The van der Waals surface area contributed by atoms with Crippen LogP contribution in [0.25, 0.3) is 6.08 Å². The lowest BCUT2D eigenvalue weighted by atomic mass is 9.99. The van der Waals surface area contributed by atoms with Crippen molar-refractivity contribution >= 4 is 66.8 Å². The summed E-state index contributed by atoms with van der Waals surface area (Å²) in [5, 5.41) is -0.447. The van der Waals surface area contributed by atoms with Gasteiger partial charge in [0.2, 0.25) is 5.91 Å². The number of carbonyl (C=O) groups excluding carboxylic acids is 3. The zero-order valence-electron chi connectivity index (χ0n) is 18.9. The largest absolute Gasteiger partial charge is 0.487 e. The van der Waals surface area contributed by atoms with Crippen LogP contribution < -0.4 is 4.74 Å². The number of thioether (sulfide) groups is 1. The summed E-state index contributed by atoms with van der Waals surface area (Å²) in [7, 11) is 0. The summed E-state index contributed by atoms with van der Waals surface area (Å²) in [6.07, 6.45) is 3.49. The molecule has 0 aliphatic carbocycles. The molecule has 2 aromatic rings. The molecule has 0 N–H and O–H groups in total. The number of carbonyl (C=O) groups is 3. The van der Waals surface area contributed by atoms with Gasteiger partial charge in [0.25, 0.3) is 11.1 Å². The molecule has 6 nitrogen and oxygen atoms in total. The molecule has 0 radical (unpaired) electrons. The number of ether oxygens (including phenoxy) is 1. The summed E-state index contributed by atoms with van der Waals surface area (Å²) in [6, 6.07) is 9.60. The van der Waals surface area contributed by atoms with Crippen LogP contribution in [-0.2, 0) is 16.2 Å². The summed E-state index contributed by atoms with van der Waals surface area (Å²) in [6.45, 7) is 3.48. The maximum absolute atomic E-state index is 13.1. The molecular weight excluding hydrogens is 603 g/mol. The van der Waals surface area contributed by atoms with E-state index in [4.69, 9.17) is 4.74 Å². The molecule has 0 aromatic heterocycles. The van der Waals surface area contributed by atoms with Crippen molar-refractivity contribution < 1.29 is 23.5 Å². The third-order valence-electron chi connectivity index (χ3n) is 5.92. The fraction of sp³-hybridized carbons (Fsp3) is 0.320. The van der Waals surface area contributed by atoms with Gasteiger partial charge in [-0.1, -0.05) is 19.1 Å². The molecule has 2 aliphatic rings. The van der Waals surface area contributed by atoms with Crippen molar-refractivity contribution in [2.24, 2.45) is 5.92 Å². The Balaban J connectivity index is 1.43. The minimum atomic E-state index is -0.470. The van der Waals surface area contributed by atoms with E-state index >= 15 is 0 Å². The van der Waals surface area contributed by atoms with Gasteiger partial charge in [-0.2, -0.15) is 0 Å². The number of benzene rings is 2. The molecule has 35 heavy (non-hydrogen) atoms. The molecule has 0 spiro atoms. The third-order valence-corrected chi connectivity index (χ3v) is 8.00. The summed E-state index contributed by atoms with van der Waals surface area (Å²) < 4.78 is 20.3. The first-order valence-corrected chi connectivity index (χ1v) is 13.5. The number of nitrogens with zero attached hydrogens (tertiary/aromatic N) is 2. The van der Waals surface area contributed by atoms with Gasteiger partial charge in [-0.25, -0.2) is 4.39 Å². The van der Waals surface area contributed by atoms with Gasteiger partial charge in [-0.05, 0) is 104 Å². The minimum Gasteiger partial charge on any atom is -0.487 e. The average molecular weight is 626 g/mol. The molecule has 2 aromatic carbocycles. The Morgan fingerprint density at radius 3 is 2.40 bits per heavy atom. The van der Waals surface area contributed by atoms with Gasteiger partial charge in [-0.3, -0.25) is 19.3 Å². The van der Waals surface area contributed by atoms with Crippen LogP contribution in [0, 0.1) is 11.7 Å². The molecule has 184 valence electrons. The Morgan fingerprint density at radius 1 is 1.14 bits per heavy atom. The zero-order chi connectivity index (χ0) is 25.1. The van der Waals surface area contributed by atoms with E-state index in [0.717, 1.165) is 35.1 Å². The maximum Gasteiger partial charge on any atom is 0.294 e. The molecule has 2 aliphatic heterocycles. The summed E-state index contributed by atoms with van der Waals surface area (Å²) in [4.78, 5) is 41.0. The molecule has 0 atom stereocenters. The van der Waals surface area contributed by atoms with Crippen molar-refractivity contribution in [3.05, 3.63) is 67.2 Å². The van der Waals surface area contributed by atoms with Crippen molar-refractivity contribution in [2.75, 3.05) is 19.6 Å². The normalized spacial score (nSPS) is 18.0. The monoisotopic (exact) mass is 624 g/mol. The highest BCUT2D eigenvalue weighted by molar-refractivity contribution is 9.11. The molecule has 10 heteroatoms. The van der Waals surface area contributed by atoms with Crippen LogP contribution in [0.5, 0.6) is 5.75 Å². The molecule has 2 fully saturated rings. The first kappa shape index (κ1) is 25.9.